The van der Waals surface area contributed by atoms with Gasteiger partial charge in [-0.3, -0.25) is 14.9 Å². The number of rotatable bonds is 8. The molecule has 30 heavy (non-hydrogen) atoms. The second-order valence-electron chi connectivity index (χ2n) is 6.06. The van der Waals surface area contributed by atoms with Gasteiger partial charge >= 0.3 is 0 Å². The van der Waals surface area contributed by atoms with Crippen molar-refractivity contribution in [3.63, 3.8) is 0 Å². The number of nitrogens with one attached hydrogen (secondary N) is 2. The van der Waals surface area contributed by atoms with Crippen LogP contribution < -0.4 is 10.6 Å². The smallest absolute Gasteiger partial charge is 0.255 e. The molecule has 6 nitrogen and oxygen atoms in total. The first kappa shape index (κ1) is 22.6. The van der Waals surface area contributed by atoms with Crippen molar-refractivity contribution in [1.82, 2.24) is 9.36 Å². The maximum Gasteiger partial charge on any atom is 0.255 e. The fourth-order valence-electron chi connectivity index (χ4n) is 2.39. The number of benzene rings is 2. The van der Waals surface area contributed by atoms with E-state index >= 15 is 0 Å². The molecule has 0 spiro atoms. The first-order valence-corrected chi connectivity index (χ1v) is 12.1. The van der Waals surface area contributed by atoms with Gasteiger partial charge in [0.25, 0.3) is 5.91 Å². The molecule has 0 fully saturated rings. The maximum atomic E-state index is 12.5. The van der Waals surface area contributed by atoms with E-state index in [1.165, 1.54) is 35.1 Å². The lowest BCUT2D eigenvalue weighted by atomic mass is 10.2. The summed E-state index contributed by atoms with van der Waals surface area (Å²) in [6, 6.07) is 14.1. The highest BCUT2D eigenvalue weighted by Crippen LogP contribution is 2.27. The lowest BCUT2D eigenvalue weighted by Gasteiger charge is -2.12. The predicted molar refractivity (Wildman–Crippen MR) is 126 cm³/mol. The largest absolute Gasteiger partial charge is 0.322 e. The van der Waals surface area contributed by atoms with Gasteiger partial charge < -0.3 is 5.32 Å². The van der Waals surface area contributed by atoms with Gasteiger partial charge in [-0.2, -0.15) is 9.36 Å². The van der Waals surface area contributed by atoms with Crippen LogP contribution >= 0.6 is 46.7 Å². The molecule has 3 aromatic rings. The zero-order valence-corrected chi connectivity index (χ0v) is 19.4. The van der Waals surface area contributed by atoms with Crippen LogP contribution in [-0.4, -0.2) is 32.2 Å². The monoisotopic (exact) mass is 478 g/mol. The third kappa shape index (κ3) is 6.46. The molecule has 1 atom stereocenters. The molecular formula is C20H19ClN4O2S3. The van der Waals surface area contributed by atoms with Gasteiger partial charge in [0.1, 0.15) is 0 Å². The van der Waals surface area contributed by atoms with Crippen LogP contribution in [0.5, 0.6) is 0 Å². The number of hydrogen-bond acceptors (Lipinski definition) is 7. The van der Waals surface area contributed by atoms with E-state index in [0.717, 1.165) is 10.6 Å². The molecule has 0 aliphatic carbocycles. The fraction of sp³-hybridized carbons (Fsp3) is 0.200. The van der Waals surface area contributed by atoms with E-state index in [9.17, 15) is 9.59 Å². The summed E-state index contributed by atoms with van der Waals surface area (Å²) < 4.78 is 4.20. The highest BCUT2D eigenvalue weighted by atomic mass is 35.5. The second-order valence-corrected chi connectivity index (χ2v) is 9.89. The van der Waals surface area contributed by atoms with E-state index in [4.69, 9.17) is 11.6 Å². The van der Waals surface area contributed by atoms with Gasteiger partial charge in [-0.25, -0.2) is 0 Å². The molecule has 0 aliphatic rings. The van der Waals surface area contributed by atoms with Crippen LogP contribution in [0.2, 0.25) is 5.02 Å². The number of thioether (sulfide) groups is 2. The number of amides is 2. The summed E-state index contributed by atoms with van der Waals surface area (Å²) in [6.45, 7) is 3.84. The predicted octanol–water partition coefficient (Wildman–Crippen LogP) is 5.68. The highest BCUT2D eigenvalue weighted by Gasteiger charge is 2.17. The number of carbonyl (C=O) groups is 2. The Labute approximate surface area is 192 Å². The van der Waals surface area contributed by atoms with E-state index in [1.54, 1.807) is 30.3 Å². The molecule has 10 heteroatoms. The molecule has 0 radical (unpaired) electrons. The highest BCUT2D eigenvalue weighted by molar-refractivity contribution is 8.00. The Hall–Kier alpha value is -2.07. The van der Waals surface area contributed by atoms with Crippen molar-refractivity contribution < 1.29 is 9.59 Å². The average molecular weight is 479 g/mol. The Morgan fingerprint density at radius 2 is 1.97 bits per heavy atom. The van der Waals surface area contributed by atoms with Gasteiger partial charge in [0, 0.05) is 32.7 Å². The van der Waals surface area contributed by atoms with Crippen LogP contribution in [0.4, 0.5) is 10.8 Å². The van der Waals surface area contributed by atoms with Gasteiger partial charge in [0.2, 0.25) is 16.2 Å². The standard InChI is InChI=1S/C20H19ClN4O2S3/c1-3-28-20-24-19(30-25-20)23-17(26)12(2)29-16-9-5-8-15(11-16)22-18(27)13-6-4-7-14(21)10-13/h4-12H,3H2,1-2H3,(H,22,27)(H,23,24,25,26). The van der Waals surface area contributed by atoms with E-state index in [-0.39, 0.29) is 17.1 Å². The summed E-state index contributed by atoms with van der Waals surface area (Å²) in [7, 11) is 0. The third-order valence-electron chi connectivity index (χ3n) is 3.77. The van der Waals surface area contributed by atoms with Crippen molar-refractivity contribution in [2.75, 3.05) is 16.4 Å². The summed E-state index contributed by atoms with van der Waals surface area (Å²) in [5, 5.41) is 6.97. The lowest BCUT2D eigenvalue weighted by Crippen LogP contribution is -2.22. The summed E-state index contributed by atoms with van der Waals surface area (Å²) in [6.07, 6.45) is 0. The first-order valence-electron chi connectivity index (χ1n) is 9.05. The Kier molecular flexibility index (Phi) is 8.15. The lowest BCUT2D eigenvalue weighted by molar-refractivity contribution is -0.115. The van der Waals surface area contributed by atoms with Gasteiger partial charge in [0.05, 0.1) is 5.25 Å². The van der Waals surface area contributed by atoms with Crippen molar-refractivity contribution in [3.8, 4) is 0 Å². The van der Waals surface area contributed by atoms with E-state index < -0.39 is 0 Å². The zero-order valence-electron chi connectivity index (χ0n) is 16.2. The molecule has 1 aromatic heterocycles. The van der Waals surface area contributed by atoms with Crippen LogP contribution in [0, 0.1) is 0 Å². The van der Waals surface area contributed by atoms with Crippen molar-refractivity contribution in [2.24, 2.45) is 0 Å². The molecule has 2 amide bonds. The molecule has 0 aliphatic heterocycles. The summed E-state index contributed by atoms with van der Waals surface area (Å²) in [5.74, 6) is 0.473. The van der Waals surface area contributed by atoms with Crippen molar-refractivity contribution >= 4 is 69.3 Å². The number of nitrogens with zero attached hydrogens (tertiary/aromatic N) is 2. The number of anilines is 2. The maximum absolute atomic E-state index is 12.5. The molecule has 0 saturated heterocycles. The van der Waals surface area contributed by atoms with Crippen molar-refractivity contribution in [3.05, 3.63) is 59.1 Å². The minimum atomic E-state index is -0.352. The minimum absolute atomic E-state index is 0.155. The molecular weight excluding hydrogens is 460 g/mol. The molecule has 1 heterocycles. The quantitative estimate of drug-likeness (QED) is 0.405. The summed E-state index contributed by atoms with van der Waals surface area (Å²) in [4.78, 5) is 30.0. The second kappa shape index (κ2) is 10.8. The Bertz CT molecular complexity index is 1040. The van der Waals surface area contributed by atoms with Gasteiger partial charge in [-0.1, -0.05) is 42.4 Å². The third-order valence-corrected chi connectivity index (χ3v) is 6.58. The van der Waals surface area contributed by atoms with Crippen LogP contribution in [0.25, 0.3) is 0 Å². The van der Waals surface area contributed by atoms with Gasteiger partial charge in [-0.05, 0) is 49.1 Å². The number of carbonyl (C=O) groups excluding carboxylic acids is 2. The van der Waals surface area contributed by atoms with Crippen LogP contribution in [0.3, 0.4) is 0 Å². The van der Waals surface area contributed by atoms with Crippen LogP contribution in [0.1, 0.15) is 24.2 Å². The average Bonchev–Trinajstić information content (AvgIpc) is 3.15. The van der Waals surface area contributed by atoms with Crippen LogP contribution in [0.15, 0.2) is 58.6 Å². The Balaban J connectivity index is 1.59. The fourth-order valence-corrected chi connectivity index (χ4v) is 4.78. The van der Waals surface area contributed by atoms with Gasteiger partial charge in [0.15, 0.2) is 0 Å². The van der Waals surface area contributed by atoms with Gasteiger partial charge in [-0.15, -0.1) is 11.8 Å². The molecule has 0 bridgehead atoms. The topological polar surface area (TPSA) is 84.0 Å². The first-order chi connectivity index (χ1) is 14.4. The van der Waals surface area contributed by atoms with E-state index in [0.29, 0.717) is 26.6 Å². The zero-order chi connectivity index (χ0) is 21.5. The van der Waals surface area contributed by atoms with E-state index in [1.807, 2.05) is 32.0 Å². The SMILES string of the molecule is CCSc1nsc(NC(=O)C(C)Sc2cccc(NC(=O)c3cccc(Cl)c3)c2)n1. The normalized spacial score (nSPS) is 11.7. The summed E-state index contributed by atoms with van der Waals surface area (Å²) in [5.41, 5.74) is 1.12. The molecule has 3 rings (SSSR count). The van der Waals surface area contributed by atoms with Crippen molar-refractivity contribution in [1.29, 1.82) is 0 Å². The van der Waals surface area contributed by atoms with Crippen LogP contribution in [-0.2, 0) is 4.79 Å². The number of aromatic nitrogens is 2. The van der Waals surface area contributed by atoms with E-state index in [2.05, 4.69) is 20.0 Å². The Morgan fingerprint density at radius 3 is 2.73 bits per heavy atom. The Morgan fingerprint density at radius 1 is 1.17 bits per heavy atom. The molecule has 0 saturated carbocycles. The molecule has 1 unspecified atom stereocenters. The molecule has 2 N–H and O–H groups in total. The summed E-state index contributed by atoms with van der Waals surface area (Å²) >= 11 is 10.0. The molecule has 156 valence electrons. The number of hydrogen-bond donors (Lipinski definition) is 2. The molecule has 2 aromatic carbocycles. The number of halogens is 1. The van der Waals surface area contributed by atoms with Crippen molar-refractivity contribution in [2.45, 2.75) is 29.1 Å². The minimum Gasteiger partial charge on any atom is -0.322 e.